The molecular weight excluding hydrogens is 232 g/mol. The first-order valence-corrected chi connectivity index (χ1v) is 7.03. The fourth-order valence-corrected chi connectivity index (χ4v) is 3.22. The summed E-state index contributed by atoms with van der Waals surface area (Å²) in [5, 5.41) is 23.5. The Morgan fingerprint density at radius 1 is 1.47 bits per heavy atom. The molecule has 2 atom stereocenters. The van der Waals surface area contributed by atoms with E-state index < -0.39 is 0 Å². The number of nitrogens with zero attached hydrogens (tertiary/aromatic N) is 1. The van der Waals surface area contributed by atoms with Gasteiger partial charge in [0.1, 0.15) is 6.07 Å². The molecule has 2 N–H and O–H groups in total. The van der Waals surface area contributed by atoms with E-state index >= 15 is 0 Å². The van der Waals surface area contributed by atoms with Crippen molar-refractivity contribution in [1.82, 2.24) is 5.32 Å². The Balaban J connectivity index is 1.86. The normalized spacial score (nSPS) is 24.5. The van der Waals surface area contributed by atoms with Crippen LogP contribution in [0.3, 0.4) is 0 Å². The first-order chi connectivity index (χ1) is 8.33. The molecule has 2 rings (SSSR count). The van der Waals surface area contributed by atoms with Crippen LogP contribution < -0.4 is 5.32 Å². The maximum Gasteiger partial charge on any atom is 0.100 e. The van der Waals surface area contributed by atoms with Crippen molar-refractivity contribution in [3.05, 3.63) is 21.9 Å². The van der Waals surface area contributed by atoms with Crippen molar-refractivity contribution in [2.75, 3.05) is 6.61 Å². The Morgan fingerprint density at radius 3 is 3.00 bits per heavy atom. The number of nitrogens with one attached hydrogen (secondary N) is 1. The Labute approximate surface area is 106 Å². The van der Waals surface area contributed by atoms with E-state index in [1.54, 1.807) is 11.3 Å². The highest BCUT2D eigenvalue weighted by atomic mass is 32.1. The van der Waals surface area contributed by atoms with E-state index in [1.807, 2.05) is 11.4 Å². The highest BCUT2D eigenvalue weighted by molar-refractivity contribution is 7.10. The van der Waals surface area contributed by atoms with Gasteiger partial charge in [0, 0.05) is 29.5 Å². The van der Waals surface area contributed by atoms with Gasteiger partial charge in [0.05, 0.1) is 5.56 Å². The van der Waals surface area contributed by atoms with Crippen LogP contribution in [0.25, 0.3) is 0 Å². The van der Waals surface area contributed by atoms with E-state index in [1.165, 1.54) is 17.7 Å². The second-order valence-electron chi connectivity index (χ2n) is 4.63. The molecule has 1 heterocycles. The van der Waals surface area contributed by atoms with E-state index in [9.17, 15) is 5.11 Å². The van der Waals surface area contributed by atoms with Crippen LogP contribution in [0.5, 0.6) is 0 Å². The van der Waals surface area contributed by atoms with Crippen LogP contribution >= 0.6 is 11.3 Å². The minimum absolute atomic E-state index is 0.283. The highest BCUT2D eigenvalue weighted by Crippen LogP contribution is 2.24. The molecule has 0 saturated heterocycles. The van der Waals surface area contributed by atoms with Crippen molar-refractivity contribution in [2.24, 2.45) is 5.92 Å². The number of aliphatic hydroxyl groups excluding tert-OH is 1. The summed E-state index contributed by atoms with van der Waals surface area (Å²) in [6.45, 7) is 1.10. The summed E-state index contributed by atoms with van der Waals surface area (Å²) in [6.07, 6.45) is 4.77. The lowest BCUT2D eigenvalue weighted by Gasteiger charge is -2.30. The zero-order valence-electron chi connectivity index (χ0n) is 9.85. The van der Waals surface area contributed by atoms with Crippen molar-refractivity contribution < 1.29 is 5.11 Å². The third-order valence-corrected chi connectivity index (χ3v) is 4.40. The van der Waals surface area contributed by atoms with Gasteiger partial charge in [-0.25, -0.2) is 0 Å². The number of hydrogen-bond donors (Lipinski definition) is 2. The van der Waals surface area contributed by atoms with Crippen molar-refractivity contribution in [3.8, 4) is 6.07 Å². The first kappa shape index (κ1) is 12.6. The molecule has 0 aromatic carbocycles. The molecule has 2 unspecified atom stereocenters. The minimum atomic E-state index is 0.283. The maximum atomic E-state index is 9.32. The molecule has 0 spiro atoms. The van der Waals surface area contributed by atoms with E-state index in [2.05, 4.69) is 11.4 Å². The second-order valence-corrected chi connectivity index (χ2v) is 5.62. The van der Waals surface area contributed by atoms with Crippen molar-refractivity contribution in [3.63, 3.8) is 0 Å². The van der Waals surface area contributed by atoms with Gasteiger partial charge in [-0.1, -0.05) is 12.8 Å². The van der Waals surface area contributed by atoms with Crippen molar-refractivity contribution in [2.45, 2.75) is 38.3 Å². The molecule has 0 aliphatic heterocycles. The zero-order valence-corrected chi connectivity index (χ0v) is 10.7. The third kappa shape index (κ3) is 3.29. The number of rotatable bonds is 4. The minimum Gasteiger partial charge on any atom is -0.396 e. The lowest BCUT2D eigenvalue weighted by Crippen LogP contribution is -2.39. The molecule has 1 saturated carbocycles. The van der Waals surface area contributed by atoms with Crippen LogP contribution in [-0.2, 0) is 6.54 Å². The van der Waals surface area contributed by atoms with Gasteiger partial charge in [-0.3, -0.25) is 0 Å². The van der Waals surface area contributed by atoms with E-state index in [4.69, 9.17) is 5.26 Å². The average molecular weight is 250 g/mol. The van der Waals surface area contributed by atoms with Crippen LogP contribution in [0.1, 0.15) is 36.1 Å². The number of nitriles is 1. The lowest BCUT2D eigenvalue weighted by atomic mass is 9.85. The fraction of sp³-hybridized carbons (Fsp3) is 0.615. The van der Waals surface area contributed by atoms with Crippen LogP contribution in [0.15, 0.2) is 11.4 Å². The molecule has 4 heteroatoms. The molecule has 1 aliphatic rings. The summed E-state index contributed by atoms with van der Waals surface area (Å²) < 4.78 is 0. The zero-order chi connectivity index (χ0) is 12.1. The molecule has 1 aliphatic carbocycles. The topological polar surface area (TPSA) is 56.0 Å². The lowest BCUT2D eigenvalue weighted by molar-refractivity contribution is 0.152. The molecule has 17 heavy (non-hydrogen) atoms. The summed E-state index contributed by atoms with van der Waals surface area (Å²) in [5.41, 5.74) is 0.745. The van der Waals surface area contributed by atoms with Gasteiger partial charge >= 0.3 is 0 Å². The Kier molecular flexibility index (Phi) is 4.55. The predicted octanol–water partition coefficient (Wildman–Crippen LogP) is 2.26. The monoisotopic (exact) mass is 250 g/mol. The van der Waals surface area contributed by atoms with Gasteiger partial charge in [0.15, 0.2) is 0 Å². The van der Waals surface area contributed by atoms with Crippen LogP contribution in [0, 0.1) is 17.2 Å². The molecule has 0 amide bonds. The molecule has 1 aromatic heterocycles. The molecule has 1 fully saturated rings. The third-order valence-electron chi connectivity index (χ3n) is 3.46. The van der Waals surface area contributed by atoms with Gasteiger partial charge in [-0.05, 0) is 24.8 Å². The first-order valence-electron chi connectivity index (χ1n) is 6.15. The Hall–Kier alpha value is -0.890. The largest absolute Gasteiger partial charge is 0.396 e. The van der Waals surface area contributed by atoms with E-state index in [0.29, 0.717) is 12.0 Å². The quantitative estimate of drug-likeness (QED) is 0.862. The molecule has 0 bridgehead atoms. The highest BCUT2D eigenvalue weighted by Gasteiger charge is 2.23. The number of hydrogen-bond acceptors (Lipinski definition) is 4. The maximum absolute atomic E-state index is 9.32. The van der Waals surface area contributed by atoms with Gasteiger partial charge < -0.3 is 10.4 Å². The average Bonchev–Trinajstić information content (AvgIpc) is 2.84. The molecule has 3 nitrogen and oxygen atoms in total. The molecule has 1 aromatic rings. The van der Waals surface area contributed by atoms with E-state index in [-0.39, 0.29) is 6.61 Å². The van der Waals surface area contributed by atoms with Gasteiger partial charge in [-0.2, -0.15) is 5.26 Å². The van der Waals surface area contributed by atoms with Crippen LogP contribution in [0.4, 0.5) is 0 Å². The standard InChI is InChI=1S/C13H18N2OS/c14-6-10-5-12(17-9-10)7-15-13-4-2-1-3-11(13)8-16/h5,9,11,13,15-16H,1-4,7-8H2. The second kappa shape index (κ2) is 6.15. The molecular formula is C13H18N2OS. The Morgan fingerprint density at radius 2 is 2.29 bits per heavy atom. The summed E-state index contributed by atoms with van der Waals surface area (Å²) >= 11 is 1.62. The summed E-state index contributed by atoms with van der Waals surface area (Å²) in [7, 11) is 0. The SMILES string of the molecule is N#Cc1csc(CNC2CCCCC2CO)c1. The van der Waals surface area contributed by atoms with Gasteiger partial charge in [0.2, 0.25) is 0 Å². The summed E-state index contributed by atoms with van der Waals surface area (Å²) in [4.78, 5) is 1.20. The summed E-state index contributed by atoms with van der Waals surface area (Å²) in [6, 6.07) is 4.52. The predicted molar refractivity (Wildman–Crippen MR) is 68.7 cm³/mol. The number of thiophene rings is 1. The van der Waals surface area contributed by atoms with E-state index in [0.717, 1.165) is 24.9 Å². The van der Waals surface area contributed by atoms with Crippen LogP contribution in [-0.4, -0.2) is 17.8 Å². The molecule has 0 radical (unpaired) electrons. The number of aliphatic hydroxyl groups is 1. The van der Waals surface area contributed by atoms with Crippen LogP contribution in [0.2, 0.25) is 0 Å². The van der Waals surface area contributed by atoms with Gasteiger partial charge in [0.25, 0.3) is 0 Å². The van der Waals surface area contributed by atoms with Crippen molar-refractivity contribution in [1.29, 1.82) is 5.26 Å². The summed E-state index contributed by atoms with van der Waals surface area (Å²) in [5.74, 6) is 0.402. The Bertz CT molecular complexity index is 396. The smallest absolute Gasteiger partial charge is 0.100 e. The molecule has 92 valence electrons. The van der Waals surface area contributed by atoms with Crippen molar-refractivity contribution >= 4 is 11.3 Å². The fourth-order valence-electron chi connectivity index (χ4n) is 2.46. The van der Waals surface area contributed by atoms with Gasteiger partial charge in [-0.15, -0.1) is 11.3 Å².